The molecular weight excluding hydrogens is 380 g/mol. The van der Waals surface area contributed by atoms with Crippen LogP contribution in [0.2, 0.25) is 0 Å². The molecule has 8 rings (SSSR count). The molecule has 4 fully saturated rings. The third kappa shape index (κ3) is 1.81. The van der Waals surface area contributed by atoms with Crippen molar-refractivity contribution in [3.8, 4) is 11.3 Å². The molecule has 1 spiro atoms. The first-order valence-corrected chi connectivity index (χ1v) is 11.9. The molecule has 0 radical (unpaired) electrons. The number of benzene rings is 2. The van der Waals surface area contributed by atoms with Gasteiger partial charge in [-0.1, -0.05) is 54.6 Å². The fourth-order valence-corrected chi connectivity index (χ4v) is 9.14. The Kier molecular flexibility index (Phi) is 2.94. The van der Waals surface area contributed by atoms with Crippen LogP contribution in [0.3, 0.4) is 0 Å². The molecule has 31 heavy (non-hydrogen) atoms. The number of rotatable bonds is 4. The molecular formula is C28H26N2O. The Bertz CT molecular complexity index is 1240. The molecule has 4 aliphatic carbocycles. The average Bonchev–Trinajstić information content (AvgIpc) is 3.51. The third-order valence-corrected chi connectivity index (χ3v) is 10.2. The zero-order valence-corrected chi connectivity index (χ0v) is 17.6. The van der Waals surface area contributed by atoms with Crippen LogP contribution in [-0.4, -0.2) is 15.3 Å². The Balaban J connectivity index is 1.12. The van der Waals surface area contributed by atoms with Crippen molar-refractivity contribution >= 4 is 5.78 Å². The molecule has 0 N–H and O–H groups in total. The Labute approximate surface area is 182 Å². The van der Waals surface area contributed by atoms with Crippen LogP contribution in [0.1, 0.15) is 55.2 Å². The van der Waals surface area contributed by atoms with E-state index in [1.54, 1.807) is 0 Å². The summed E-state index contributed by atoms with van der Waals surface area (Å²) in [7, 11) is 0. The average molecular weight is 407 g/mol. The van der Waals surface area contributed by atoms with E-state index in [1.165, 1.54) is 29.5 Å². The minimum Gasteiger partial charge on any atom is -0.323 e. The summed E-state index contributed by atoms with van der Waals surface area (Å²) in [5, 5.41) is 0. The second-order valence-electron chi connectivity index (χ2n) is 11.0. The highest BCUT2D eigenvalue weighted by Crippen LogP contribution is 2.88. The predicted octanol–water partition coefficient (Wildman–Crippen LogP) is 5.63. The van der Waals surface area contributed by atoms with Gasteiger partial charge >= 0.3 is 0 Å². The number of hydrogen-bond acceptors (Lipinski definition) is 2. The number of nitrogens with zero attached hydrogens (tertiary/aromatic N) is 2. The lowest BCUT2D eigenvalue weighted by molar-refractivity contribution is -0.199. The number of ketones is 1. The van der Waals surface area contributed by atoms with Crippen LogP contribution in [0.15, 0.2) is 67.1 Å². The molecule has 3 nitrogen and oxygen atoms in total. The number of hydrogen-bond donors (Lipinski definition) is 0. The zero-order chi connectivity index (χ0) is 20.4. The van der Waals surface area contributed by atoms with Gasteiger partial charge in [-0.15, -0.1) is 0 Å². The summed E-state index contributed by atoms with van der Waals surface area (Å²) in [5.41, 5.74) is 5.66. The molecule has 1 aliphatic heterocycles. The van der Waals surface area contributed by atoms with Crippen molar-refractivity contribution < 1.29 is 4.79 Å². The minimum atomic E-state index is -0.0636. The van der Waals surface area contributed by atoms with Gasteiger partial charge in [-0.25, -0.2) is 4.98 Å². The first kappa shape index (κ1) is 16.9. The van der Waals surface area contributed by atoms with Gasteiger partial charge in [-0.2, -0.15) is 0 Å². The summed E-state index contributed by atoms with van der Waals surface area (Å²) >= 11 is 0. The summed E-state index contributed by atoms with van der Waals surface area (Å²) in [6.07, 6.45) is 9.30. The number of aromatic nitrogens is 2. The lowest BCUT2D eigenvalue weighted by Crippen LogP contribution is -2.64. The molecule has 3 heteroatoms. The Hall–Kier alpha value is -2.68. The Morgan fingerprint density at radius 1 is 1.03 bits per heavy atom. The number of Topliss-reactive ketones (excluding diaryl/α,β-unsaturated/α-hetero) is 1. The number of fused-ring (bicyclic) bond motifs is 4. The molecule has 4 saturated carbocycles. The van der Waals surface area contributed by atoms with E-state index >= 15 is 0 Å². The van der Waals surface area contributed by atoms with Crippen molar-refractivity contribution in [2.45, 2.75) is 44.1 Å². The first-order valence-electron chi connectivity index (χ1n) is 11.9. The van der Waals surface area contributed by atoms with Crippen LogP contribution in [0.25, 0.3) is 11.3 Å². The van der Waals surface area contributed by atoms with Crippen LogP contribution in [0.4, 0.5) is 0 Å². The van der Waals surface area contributed by atoms with Crippen molar-refractivity contribution in [1.82, 2.24) is 9.55 Å². The normalized spacial score (nSPS) is 39.9. The van der Waals surface area contributed by atoms with Crippen LogP contribution in [0.5, 0.6) is 0 Å². The molecule has 0 saturated heterocycles. The van der Waals surface area contributed by atoms with Gasteiger partial charge in [0.15, 0.2) is 0 Å². The van der Waals surface area contributed by atoms with E-state index in [-0.39, 0.29) is 11.5 Å². The van der Waals surface area contributed by atoms with Crippen molar-refractivity contribution in [3.05, 3.63) is 78.2 Å². The van der Waals surface area contributed by atoms with E-state index in [0.29, 0.717) is 23.5 Å². The maximum absolute atomic E-state index is 14.0. The standard InChI is InChI=1S/C28H26N2O/c31-25(11-23-19-8-4-5-9-20(19)24-14-29-16-30(23)24)27-12-18-10-21-26(17-6-2-1-3-7-17)22(13-27)28(18,21)15-27/h1-9,14,16,18,21-23,26H,10-13,15H2. The fourth-order valence-electron chi connectivity index (χ4n) is 9.14. The minimum absolute atomic E-state index is 0.0636. The molecule has 7 unspecified atom stereocenters. The van der Waals surface area contributed by atoms with E-state index in [0.717, 1.165) is 36.3 Å². The molecule has 2 heterocycles. The molecule has 154 valence electrons. The molecule has 3 aromatic rings. The summed E-state index contributed by atoms with van der Waals surface area (Å²) in [5.74, 6) is 3.59. The fraction of sp³-hybridized carbons (Fsp3) is 0.429. The number of carbonyl (C=O) groups is 1. The van der Waals surface area contributed by atoms with Crippen LogP contribution in [-0.2, 0) is 4.79 Å². The van der Waals surface area contributed by atoms with Gasteiger partial charge in [0, 0.05) is 17.4 Å². The highest BCUT2D eigenvalue weighted by atomic mass is 16.1. The van der Waals surface area contributed by atoms with Crippen LogP contribution >= 0.6 is 0 Å². The van der Waals surface area contributed by atoms with Gasteiger partial charge in [-0.3, -0.25) is 4.79 Å². The van der Waals surface area contributed by atoms with E-state index in [4.69, 9.17) is 0 Å². The van der Waals surface area contributed by atoms with Gasteiger partial charge in [0.05, 0.1) is 24.3 Å². The zero-order valence-electron chi connectivity index (χ0n) is 17.6. The van der Waals surface area contributed by atoms with E-state index in [1.807, 2.05) is 12.5 Å². The van der Waals surface area contributed by atoms with Crippen LogP contribution < -0.4 is 0 Å². The van der Waals surface area contributed by atoms with Gasteiger partial charge < -0.3 is 4.57 Å². The molecule has 0 amide bonds. The summed E-state index contributed by atoms with van der Waals surface area (Å²) in [6, 6.07) is 19.8. The SMILES string of the molecule is O=C(CC1c2ccccc2-c2cncn21)C12CC3CC4C(c5ccccc5)C(C1)C34C2. The van der Waals surface area contributed by atoms with Gasteiger partial charge in [0.2, 0.25) is 0 Å². The Morgan fingerprint density at radius 3 is 2.77 bits per heavy atom. The van der Waals surface area contributed by atoms with E-state index < -0.39 is 0 Å². The van der Waals surface area contributed by atoms with Crippen molar-refractivity contribution in [2.75, 3.05) is 0 Å². The lowest BCUT2D eigenvalue weighted by atomic mass is 9.33. The number of imidazole rings is 1. The van der Waals surface area contributed by atoms with Gasteiger partial charge in [0.1, 0.15) is 5.78 Å². The van der Waals surface area contributed by atoms with E-state index in [9.17, 15) is 4.79 Å². The summed E-state index contributed by atoms with van der Waals surface area (Å²) < 4.78 is 2.24. The second-order valence-corrected chi connectivity index (χ2v) is 11.0. The predicted molar refractivity (Wildman–Crippen MR) is 118 cm³/mol. The molecule has 1 aromatic heterocycles. The molecule has 2 bridgehead atoms. The molecule has 7 atom stereocenters. The largest absolute Gasteiger partial charge is 0.323 e. The topological polar surface area (TPSA) is 34.9 Å². The van der Waals surface area contributed by atoms with Crippen molar-refractivity contribution in [1.29, 1.82) is 0 Å². The van der Waals surface area contributed by atoms with Crippen LogP contribution in [0, 0.1) is 28.6 Å². The van der Waals surface area contributed by atoms with Crippen molar-refractivity contribution in [2.24, 2.45) is 28.6 Å². The maximum Gasteiger partial charge on any atom is 0.141 e. The highest BCUT2D eigenvalue weighted by Gasteiger charge is 2.82. The van der Waals surface area contributed by atoms with Gasteiger partial charge in [0.25, 0.3) is 0 Å². The maximum atomic E-state index is 14.0. The van der Waals surface area contributed by atoms with Crippen molar-refractivity contribution in [3.63, 3.8) is 0 Å². The monoisotopic (exact) mass is 406 g/mol. The first-order chi connectivity index (χ1) is 15.2. The van der Waals surface area contributed by atoms with Gasteiger partial charge in [-0.05, 0) is 65.9 Å². The molecule has 2 aromatic carbocycles. The van der Waals surface area contributed by atoms with E-state index in [2.05, 4.69) is 64.1 Å². The second kappa shape index (κ2) is 5.38. The lowest BCUT2D eigenvalue weighted by Gasteiger charge is -2.71. The quantitative estimate of drug-likeness (QED) is 0.563. The smallest absolute Gasteiger partial charge is 0.141 e. The number of carbonyl (C=O) groups excluding carboxylic acids is 1. The summed E-state index contributed by atoms with van der Waals surface area (Å²) in [6.45, 7) is 0. The molecule has 5 aliphatic rings. The Morgan fingerprint density at radius 2 is 1.87 bits per heavy atom. The highest BCUT2D eigenvalue weighted by molar-refractivity contribution is 5.88. The summed E-state index contributed by atoms with van der Waals surface area (Å²) in [4.78, 5) is 18.4. The third-order valence-electron chi connectivity index (χ3n) is 10.2.